The molecule has 0 saturated carbocycles. The normalized spacial score (nSPS) is 13.7. The lowest BCUT2D eigenvalue weighted by Crippen LogP contribution is -2.33. The van der Waals surface area contributed by atoms with E-state index in [4.69, 9.17) is 0 Å². The molecule has 0 atom stereocenters. The van der Waals surface area contributed by atoms with E-state index in [1.807, 2.05) is 0 Å². The summed E-state index contributed by atoms with van der Waals surface area (Å²) in [5, 5.41) is 6.58. The molecule has 7 nitrogen and oxygen atoms in total. The summed E-state index contributed by atoms with van der Waals surface area (Å²) in [5.41, 5.74) is 0.849. The molecule has 1 aliphatic rings. The molecule has 20 heavy (non-hydrogen) atoms. The predicted octanol–water partition coefficient (Wildman–Crippen LogP) is 1.58. The van der Waals surface area contributed by atoms with Gasteiger partial charge >= 0.3 is 0 Å². The van der Waals surface area contributed by atoms with Crippen LogP contribution in [0.4, 0.5) is 5.82 Å². The van der Waals surface area contributed by atoms with E-state index in [1.165, 1.54) is 15.6 Å². The predicted molar refractivity (Wildman–Crippen MR) is 69.5 cm³/mol. The van der Waals surface area contributed by atoms with Gasteiger partial charge in [0.05, 0.1) is 17.7 Å². The first kappa shape index (κ1) is 12.2. The average Bonchev–Trinajstić information content (AvgIpc) is 3.03. The van der Waals surface area contributed by atoms with Gasteiger partial charge in [0.15, 0.2) is 0 Å². The zero-order valence-electron chi connectivity index (χ0n) is 10.4. The third-order valence-electron chi connectivity index (χ3n) is 3.15. The number of fused-ring (bicyclic) bond motifs is 1. The first-order valence-corrected chi connectivity index (χ1v) is 6.03. The Morgan fingerprint density at radius 2 is 1.65 bits per heavy atom. The molecule has 1 aliphatic heterocycles. The molecule has 1 aromatic carbocycles. The van der Waals surface area contributed by atoms with Crippen LogP contribution in [0.1, 0.15) is 20.7 Å². The van der Waals surface area contributed by atoms with Crippen LogP contribution in [0.5, 0.6) is 0 Å². The highest BCUT2D eigenvalue weighted by molar-refractivity contribution is 6.21. The van der Waals surface area contributed by atoms with E-state index in [0.29, 0.717) is 17.7 Å². The Balaban J connectivity index is 1.75. The number of hydrogen-bond acceptors (Lipinski definition) is 5. The maximum Gasteiger partial charge on any atom is 0.261 e. The Labute approximate surface area is 113 Å². The summed E-state index contributed by atoms with van der Waals surface area (Å²) >= 11 is 0. The molecule has 2 amide bonds. The number of nitroso groups, excluding NO2 is 1. The summed E-state index contributed by atoms with van der Waals surface area (Å²) in [7, 11) is 0. The quantitative estimate of drug-likeness (QED) is 0.623. The third-order valence-corrected chi connectivity index (χ3v) is 3.15. The molecule has 1 aromatic heterocycles. The van der Waals surface area contributed by atoms with Gasteiger partial charge < -0.3 is 0 Å². The second-order valence-electron chi connectivity index (χ2n) is 4.34. The van der Waals surface area contributed by atoms with Crippen molar-refractivity contribution in [2.45, 2.75) is 6.54 Å². The Bertz CT molecular complexity index is 672. The Kier molecular flexibility index (Phi) is 2.86. The molecular weight excluding hydrogens is 260 g/mol. The van der Waals surface area contributed by atoms with Crippen molar-refractivity contribution in [3.05, 3.63) is 52.6 Å². The highest BCUT2D eigenvalue weighted by Gasteiger charge is 2.34. The summed E-state index contributed by atoms with van der Waals surface area (Å²) < 4.78 is 1.47. The smallest absolute Gasteiger partial charge is 0.261 e. The van der Waals surface area contributed by atoms with E-state index >= 15 is 0 Å². The van der Waals surface area contributed by atoms with E-state index in [1.54, 1.807) is 30.5 Å². The Morgan fingerprint density at radius 1 is 1.00 bits per heavy atom. The van der Waals surface area contributed by atoms with Gasteiger partial charge in [0.1, 0.15) is 0 Å². The minimum absolute atomic E-state index is 0.0763. The molecule has 0 saturated heterocycles. The van der Waals surface area contributed by atoms with Crippen LogP contribution in [0.25, 0.3) is 0 Å². The van der Waals surface area contributed by atoms with Crippen LogP contribution in [-0.2, 0) is 6.54 Å². The maximum atomic E-state index is 12.1. The Hall–Kier alpha value is -2.83. The van der Waals surface area contributed by atoms with E-state index < -0.39 is 0 Å². The van der Waals surface area contributed by atoms with Crippen molar-refractivity contribution in [3.63, 3.8) is 0 Å². The summed E-state index contributed by atoms with van der Waals surface area (Å²) in [6.45, 7) is 0.521. The molecule has 0 unspecified atom stereocenters. The number of hydrogen-bond donors (Lipinski definition) is 0. The van der Waals surface area contributed by atoms with Crippen LogP contribution < -0.4 is 0 Å². The van der Waals surface area contributed by atoms with Crippen molar-refractivity contribution in [2.24, 2.45) is 5.18 Å². The lowest BCUT2D eigenvalue weighted by molar-refractivity contribution is 0.0647. The molecule has 0 radical (unpaired) electrons. The highest BCUT2D eigenvalue weighted by atomic mass is 16.3. The van der Waals surface area contributed by atoms with E-state index in [0.717, 1.165) is 0 Å². The molecular formula is C13H10N4O3. The second kappa shape index (κ2) is 4.69. The molecule has 2 aromatic rings. The first-order chi connectivity index (χ1) is 9.70. The molecule has 100 valence electrons. The van der Waals surface area contributed by atoms with Gasteiger partial charge in [-0.15, -0.1) is 10.0 Å². The van der Waals surface area contributed by atoms with Crippen LogP contribution in [-0.4, -0.2) is 33.0 Å². The van der Waals surface area contributed by atoms with E-state index in [9.17, 15) is 14.5 Å². The number of carbonyl (C=O) groups is 2. The molecule has 0 spiro atoms. The van der Waals surface area contributed by atoms with Gasteiger partial charge in [-0.25, -0.2) is 0 Å². The largest absolute Gasteiger partial charge is 0.272 e. The molecule has 0 N–H and O–H groups in total. The van der Waals surface area contributed by atoms with Crippen molar-refractivity contribution < 1.29 is 9.59 Å². The van der Waals surface area contributed by atoms with Gasteiger partial charge in [0, 0.05) is 18.8 Å². The first-order valence-electron chi connectivity index (χ1n) is 6.03. The number of amides is 2. The SMILES string of the molecule is O=Nc1ccn(CCN2C(=O)c3ccccc3C2=O)n1. The topological polar surface area (TPSA) is 84.6 Å². The number of benzene rings is 1. The van der Waals surface area contributed by atoms with Crippen LogP contribution in [0.3, 0.4) is 0 Å². The van der Waals surface area contributed by atoms with E-state index in [2.05, 4.69) is 10.3 Å². The van der Waals surface area contributed by atoms with Gasteiger partial charge in [-0.1, -0.05) is 12.1 Å². The van der Waals surface area contributed by atoms with E-state index in [-0.39, 0.29) is 24.2 Å². The lowest BCUT2D eigenvalue weighted by Gasteiger charge is -2.13. The van der Waals surface area contributed by atoms with Crippen LogP contribution in [0.15, 0.2) is 41.7 Å². The van der Waals surface area contributed by atoms with Crippen molar-refractivity contribution in [3.8, 4) is 0 Å². The fourth-order valence-corrected chi connectivity index (χ4v) is 2.17. The number of carbonyl (C=O) groups excluding carboxylic acids is 2. The lowest BCUT2D eigenvalue weighted by atomic mass is 10.1. The highest BCUT2D eigenvalue weighted by Crippen LogP contribution is 2.22. The number of nitrogens with zero attached hydrogens (tertiary/aromatic N) is 4. The Morgan fingerprint density at radius 3 is 2.20 bits per heavy atom. The minimum Gasteiger partial charge on any atom is -0.272 e. The molecule has 7 heteroatoms. The summed E-state index contributed by atoms with van der Waals surface area (Å²) in [6.07, 6.45) is 1.58. The van der Waals surface area contributed by atoms with Crippen LogP contribution in [0, 0.1) is 4.91 Å². The molecule has 0 aliphatic carbocycles. The minimum atomic E-state index is -0.300. The van der Waals surface area contributed by atoms with Crippen LogP contribution in [0.2, 0.25) is 0 Å². The average molecular weight is 270 g/mol. The zero-order valence-corrected chi connectivity index (χ0v) is 10.4. The van der Waals surface area contributed by atoms with Gasteiger partial charge in [0.2, 0.25) is 5.82 Å². The molecule has 0 fully saturated rings. The van der Waals surface area contributed by atoms with Gasteiger partial charge in [-0.3, -0.25) is 19.2 Å². The monoisotopic (exact) mass is 270 g/mol. The molecule has 3 rings (SSSR count). The number of aromatic nitrogens is 2. The third kappa shape index (κ3) is 1.89. The van der Waals surface area contributed by atoms with Crippen molar-refractivity contribution in [2.75, 3.05) is 6.54 Å². The van der Waals surface area contributed by atoms with Gasteiger partial charge in [-0.2, -0.15) is 0 Å². The summed E-state index contributed by atoms with van der Waals surface area (Å²) in [5.74, 6) is -0.523. The van der Waals surface area contributed by atoms with Crippen molar-refractivity contribution >= 4 is 17.6 Å². The van der Waals surface area contributed by atoms with Gasteiger partial charge in [-0.05, 0) is 17.3 Å². The van der Waals surface area contributed by atoms with Crippen LogP contribution >= 0.6 is 0 Å². The fourth-order valence-electron chi connectivity index (χ4n) is 2.17. The standard InChI is InChI=1S/C13H10N4O3/c18-12-9-3-1-2-4-10(9)13(19)17(12)8-7-16-6-5-11(14-16)15-20/h1-6H,7-8H2. The zero-order chi connectivity index (χ0) is 14.1. The van der Waals surface area contributed by atoms with Gasteiger partial charge in [0.25, 0.3) is 11.8 Å². The summed E-state index contributed by atoms with van der Waals surface area (Å²) in [4.78, 5) is 35.7. The number of rotatable bonds is 4. The molecule has 2 heterocycles. The van der Waals surface area contributed by atoms with Crippen molar-refractivity contribution in [1.29, 1.82) is 0 Å². The maximum absolute atomic E-state index is 12.1. The second-order valence-corrected chi connectivity index (χ2v) is 4.34. The fraction of sp³-hybridized carbons (Fsp3) is 0.154. The summed E-state index contributed by atoms with van der Waals surface area (Å²) in [6, 6.07) is 8.19. The number of imide groups is 1. The van der Waals surface area contributed by atoms with Crippen molar-refractivity contribution in [1.82, 2.24) is 14.7 Å². The molecule has 0 bridgehead atoms.